The van der Waals surface area contributed by atoms with Crippen LogP contribution in [0.25, 0.3) is 0 Å². The summed E-state index contributed by atoms with van der Waals surface area (Å²) in [4.78, 5) is 13.4. The standard InChI is InChI=1S/C12H10N4S/c1-8-5-9(2)16-12(15-8)17-11-7-14-4-3-10(11)6-13/h3-5,7H,1-2H3. The Morgan fingerprint density at radius 1 is 1.24 bits per heavy atom. The highest BCUT2D eigenvalue weighted by molar-refractivity contribution is 7.99. The molecule has 0 N–H and O–H groups in total. The van der Waals surface area contributed by atoms with E-state index in [0.29, 0.717) is 10.7 Å². The molecule has 0 aliphatic rings. The first kappa shape index (κ1) is 11.6. The van der Waals surface area contributed by atoms with Crippen LogP contribution in [0.3, 0.4) is 0 Å². The molecule has 2 aromatic heterocycles. The summed E-state index contributed by atoms with van der Waals surface area (Å²) in [5.74, 6) is 0. The van der Waals surface area contributed by atoms with E-state index in [1.807, 2.05) is 19.9 Å². The molecule has 0 saturated heterocycles. The molecule has 0 radical (unpaired) electrons. The zero-order valence-corrected chi connectivity index (χ0v) is 10.3. The fraction of sp³-hybridized carbons (Fsp3) is 0.167. The monoisotopic (exact) mass is 242 g/mol. The molecule has 0 aromatic carbocycles. The lowest BCUT2D eigenvalue weighted by molar-refractivity contribution is 0.901. The first-order chi connectivity index (χ1) is 8.19. The van der Waals surface area contributed by atoms with Crippen LogP contribution in [0.4, 0.5) is 0 Å². The maximum absolute atomic E-state index is 8.97. The van der Waals surface area contributed by atoms with Crippen LogP contribution in [-0.2, 0) is 0 Å². The zero-order valence-electron chi connectivity index (χ0n) is 9.51. The number of aromatic nitrogens is 3. The molecule has 0 aliphatic heterocycles. The van der Waals surface area contributed by atoms with E-state index in [1.54, 1.807) is 18.5 Å². The summed E-state index contributed by atoms with van der Waals surface area (Å²) in [5, 5.41) is 9.62. The quantitative estimate of drug-likeness (QED) is 0.757. The third kappa shape index (κ3) is 2.80. The summed E-state index contributed by atoms with van der Waals surface area (Å²) in [6, 6.07) is 5.73. The summed E-state index contributed by atoms with van der Waals surface area (Å²) in [5.41, 5.74) is 2.43. The van der Waals surface area contributed by atoms with Gasteiger partial charge in [-0.1, -0.05) is 0 Å². The molecule has 0 saturated carbocycles. The molecule has 0 aliphatic carbocycles. The number of aryl methyl sites for hydroxylation is 2. The van der Waals surface area contributed by atoms with Gasteiger partial charge in [0.05, 0.1) is 10.5 Å². The number of pyridine rings is 1. The van der Waals surface area contributed by atoms with Crippen molar-refractivity contribution >= 4 is 11.8 Å². The van der Waals surface area contributed by atoms with Crippen molar-refractivity contribution in [2.75, 3.05) is 0 Å². The maximum Gasteiger partial charge on any atom is 0.192 e. The lowest BCUT2D eigenvalue weighted by Crippen LogP contribution is -1.93. The van der Waals surface area contributed by atoms with Gasteiger partial charge < -0.3 is 0 Å². The number of nitrogens with zero attached hydrogens (tertiary/aromatic N) is 4. The van der Waals surface area contributed by atoms with Crippen molar-refractivity contribution in [3.05, 3.63) is 41.5 Å². The first-order valence-corrected chi connectivity index (χ1v) is 5.85. The van der Waals surface area contributed by atoms with E-state index in [-0.39, 0.29) is 0 Å². The molecule has 5 heteroatoms. The van der Waals surface area contributed by atoms with E-state index in [0.717, 1.165) is 16.3 Å². The molecule has 0 bridgehead atoms. The van der Waals surface area contributed by atoms with Crippen molar-refractivity contribution in [1.82, 2.24) is 15.0 Å². The minimum absolute atomic E-state index is 0.591. The van der Waals surface area contributed by atoms with Gasteiger partial charge in [-0.25, -0.2) is 9.97 Å². The second kappa shape index (κ2) is 4.93. The highest BCUT2D eigenvalue weighted by Gasteiger charge is 2.07. The Hall–Kier alpha value is -1.93. The van der Waals surface area contributed by atoms with Gasteiger partial charge in [-0.3, -0.25) is 4.98 Å². The lowest BCUT2D eigenvalue weighted by Gasteiger charge is -2.03. The summed E-state index contributed by atoms with van der Waals surface area (Å²) < 4.78 is 0. The Kier molecular flexibility index (Phi) is 3.35. The van der Waals surface area contributed by atoms with Crippen molar-refractivity contribution in [3.8, 4) is 6.07 Å². The lowest BCUT2D eigenvalue weighted by atomic mass is 10.3. The minimum atomic E-state index is 0.591. The highest BCUT2D eigenvalue weighted by Crippen LogP contribution is 2.26. The van der Waals surface area contributed by atoms with Crippen LogP contribution in [0.5, 0.6) is 0 Å². The topological polar surface area (TPSA) is 62.5 Å². The van der Waals surface area contributed by atoms with E-state index in [4.69, 9.17) is 5.26 Å². The van der Waals surface area contributed by atoms with E-state index in [2.05, 4.69) is 21.0 Å². The molecular formula is C12H10N4S. The molecule has 2 rings (SSSR count). The zero-order chi connectivity index (χ0) is 12.3. The van der Waals surface area contributed by atoms with Crippen LogP contribution >= 0.6 is 11.8 Å². The Morgan fingerprint density at radius 3 is 2.59 bits per heavy atom. The summed E-state index contributed by atoms with van der Waals surface area (Å²) in [7, 11) is 0. The highest BCUT2D eigenvalue weighted by atomic mass is 32.2. The Morgan fingerprint density at radius 2 is 1.94 bits per heavy atom. The van der Waals surface area contributed by atoms with Gasteiger partial charge in [0.1, 0.15) is 6.07 Å². The summed E-state index contributed by atoms with van der Waals surface area (Å²) in [6.07, 6.45) is 3.26. The average Bonchev–Trinajstić information content (AvgIpc) is 2.28. The van der Waals surface area contributed by atoms with E-state index >= 15 is 0 Å². The molecule has 0 amide bonds. The number of hydrogen-bond donors (Lipinski definition) is 0. The third-order valence-corrected chi connectivity index (χ3v) is 2.98. The second-order valence-corrected chi connectivity index (χ2v) is 4.53. The molecule has 0 spiro atoms. The van der Waals surface area contributed by atoms with Crippen molar-refractivity contribution in [3.63, 3.8) is 0 Å². The Labute approximate surface area is 104 Å². The maximum atomic E-state index is 8.97. The predicted molar refractivity (Wildman–Crippen MR) is 64.6 cm³/mol. The van der Waals surface area contributed by atoms with Crippen LogP contribution < -0.4 is 0 Å². The minimum Gasteiger partial charge on any atom is -0.263 e. The van der Waals surface area contributed by atoms with Crippen LogP contribution in [-0.4, -0.2) is 15.0 Å². The molecule has 4 nitrogen and oxygen atoms in total. The van der Waals surface area contributed by atoms with Gasteiger partial charge in [-0.05, 0) is 37.7 Å². The first-order valence-electron chi connectivity index (χ1n) is 5.03. The van der Waals surface area contributed by atoms with Gasteiger partial charge in [0, 0.05) is 23.8 Å². The molecule has 2 heterocycles. The van der Waals surface area contributed by atoms with Crippen LogP contribution in [0, 0.1) is 25.2 Å². The van der Waals surface area contributed by atoms with E-state index in [1.165, 1.54) is 11.8 Å². The molecule has 0 fully saturated rings. The van der Waals surface area contributed by atoms with Crippen molar-refractivity contribution in [2.24, 2.45) is 0 Å². The third-order valence-electron chi connectivity index (χ3n) is 2.07. The number of hydrogen-bond acceptors (Lipinski definition) is 5. The van der Waals surface area contributed by atoms with Crippen LogP contribution in [0.2, 0.25) is 0 Å². The van der Waals surface area contributed by atoms with Gasteiger partial charge in [0.2, 0.25) is 0 Å². The average molecular weight is 242 g/mol. The van der Waals surface area contributed by atoms with Gasteiger partial charge in [-0.2, -0.15) is 5.26 Å². The predicted octanol–water partition coefficient (Wildman–Crippen LogP) is 2.51. The van der Waals surface area contributed by atoms with Crippen LogP contribution in [0.1, 0.15) is 17.0 Å². The molecule has 0 atom stereocenters. The number of rotatable bonds is 2. The Balaban J connectivity index is 2.35. The van der Waals surface area contributed by atoms with Crippen molar-refractivity contribution < 1.29 is 0 Å². The fourth-order valence-electron chi connectivity index (χ4n) is 1.39. The normalized spacial score (nSPS) is 9.94. The largest absolute Gasteiger partial charge is 0.263 e. The summed E-state index contributed by atoms with van der Waals surface area (Å²) >= 11 is 1.36. The van der Waals surface area contributed by atoms with Gasteiger partial charge in [0.25, 0.3) is 0 Å². The molecule has 17 heavy (non-hydrogen) atoms. The summed E-state index contributed by atoms with van der Waals surface area (Å²) in [6.45, 7) is 3.85. The van der Waals surface area contributed by atoms with E-state index < -0.39 is 0 Å². The second-order valence-electron chi connectivity index (χ2n) is 3.52. The molecule has 84 valence electrons. The fourth-order valence-corrected chi connectivity index (χ4v) is 2.30. The molecule has 2 aromatic rings. The number of nitriles is 1. The van der Waals surface area contributed by atoms with Gasteiger partial charge in [0.15, 0.2) is 5.16 Å². The molecule has 0 unspecified atom stereocenters. The van der Waals surface area contributed by atoms with Crippen molar-refractivity contribution in [2.45, 2.75) is 23.9 Å². The Bertz CT molecular complexity index is 569. The smallest absolute Gasteiger partial charge is 0.192 e. The van der Waals surface area contributed by atoms with Gasteiger partial charge in [-0.15, -0.1) is 0 Å². The van der Waals surface area contributed by atoms with Crippen molar-refractivity contribution in [1.29, 1.82) is 5.26 Å². The molecular weight excluding hydrogens is 232 g/mol. The SMILES string of the molecule is Cc1cc(C)nc(Sc2cnccc2C#N)n1. The van der Waals surface area contributed by atoms with Gasteiger partial charge >= 0.3 is 0 Å². The van der Waals surface area contributed by atoms with E-state index in [9.17, 15) is 0 Å². The van der Waals surface area contributed by atoms with Crippen LogP contribution in [0.15, 0.2) is 34.6 Å².